The molecule has 0 saturated carbocycles. The van der Waals surface area contributed by atoms with E-state index in [0.717, 1.165) is 12.8 Å². The second-order valence-corrected chi connectivity index (χ2v) is 6.01. The van der Waals surface area contributed by atoms with Gasteiger partial charge in [-0.1, -0.05) is 27.7 Å². The molecule has 2 atom stereocenters. The van der Waals surface area contributed by atoms with Gasteiger partial charge >= 0.3 is 5.97 Å². The molecular weight excluding hydrogens is 256 g/mol. The van der Waals surface area contributed by atoms with Crippen LogP contribution in [0.25, 0.3) is 0 Å². The smallest absolute Gasteiger partial charge is 0.307 e. The van der Waals surface area contributed by atoms with Crippen molar-refractivity contribution in [1.29, 1.82) is 0 Å². The molecule has 0 radical (unpaired) electrons. The molecule has 0 aliphatic carbocycles. The van der Waals surface area contributed by atoms with Crippen LogP contribution in [0.5, 0.6) is 0 Å². The monoisotopic (exact) mass is 286 g/mol. The number of nitrogens with zero attached hydrogens (tertiary/aromatic N) is 1. The minimum atomic E-state index is -0.825. The summed E-state index contributed by atoms with van der Waals surface area (Å²) in [5.41, 5.74) is 0. The Kier molecular flexibility index (Phi) is 9.21. The lowest BCUT2D eigenvalue weighted by atomic mass is 10.0. The highest BCUT2D eigenvalue weighted by atomic mass is 16.4. The van der Waals surface area contributed by atoms with E-state index in [2.05, 4.69) is 19.2 Å². The third kappa shape index (κ3) is 8.91. The van der Waals surface area contributed by atoms with Crippen molar-refractivity contribution >= 4 is 11.9 Å². The van der Waals surface area contributed by atoms with Crippen LogP contribution in [0.1, 0.15) is 47.5 Å². The van der Waals surface area contributed by atoms with Gasteiger partial charge in [0.1, 0.15) is 0 Å². The largest absolute Gasteiger partial charge is 0.481 e. The number of carboxylic acids is 1. The van der Waals surface area contributed by atoms with Gasteiger partial charge < -0.3 is 10.4 Å². The predicted octanol–water partition coefficient (Wildman–Crippen LogP) is 1.97. The molecule has 118 valence electrons. The molecule has 0 aromatic carbocycles. The van der Waals surface area contributed by atoms with Crippen molar-refractivity contribution in [2.45, 2.75) is 53.5 Å². The molecule has 5 nitrogen and oxygen atoms in total. The van der Waals surface area contributed by atoms with E-state index < -0.39 is 11.9 Å². The van der Waals surface area contributed by atoms with Crippen LogP contribution in [0, 0.1) is 11.8 Å². The van der Waals surface area contributed by atoms with Gasteiger partial charge in [-0.25, -0.2) is 0 Å². The first kappa shape index (κ1) is 18.9. The summed E-state index contributed by atoms with van der Waals surface area (Å²) >= 11 is 0. The van der Waals surface area contributed by atoms with Crippen LogP contribution in [-0.2, 0) is 9.59 Å². The fourth-order valence-electron chi connectivity index (χ4n) is 1.95. The minimum absolute atomic E-state index is 0.0271. The Morgan fingerprint density at radius 2 is 1.75 bits per heavy atom. The molecule has 0 fully saturated rings. The Morgan fingerprint density at radius 1 is 1.15 bits per heavy atom. The van der Waals surface area contributed by atoms with Gasteiger partial charge in [-0.05, 0) is 32.2 Å². The first-order chi connectivity index (χ1) is 9.26. The Morgan fingerprint density at radius 3 is 2.20 bits per heavy atom. The van der Waals surface area contributed by atoms with Gasteiger partial charge in [-0.3, -0.25) is 14.5 Å². The Labute approximate surface area is 122 Å². The first-order valence-corrected chi connectivity index (χ1v) is 7.50. The average molecular weight is 286 g/mol. The molecule has 0 aromatic rings. The topological polar surface area (TPSA) is 69.6 Å². The molecule has 0 rings (SSSR count). The van der Waals surface area contributed by atoms with Crippen molar-refractivity contribution in [1.82, 2.24) is 10.2 Å². The van der Waals surface area contributed by atoms with E-state index in [1.165, 1.54) is 0 Å². The maximum Gasteiger partial charge on any atom is 0.307 e. The molecule has 5 heteroatoms. The molecule has 0 bridgehead atoms. The number of rotatable bonds is 10. The van der Waals surface area contributed by atoms with Crippen molar-refractivity contribution in [2.75, 3.05) is 19.6 Å². The SMILES string of the molecule is CCN(CC(=O)NC(C)CCC(C)C)CC(C)C(=O)O. The molecule has 0 aromatic heterocycles. The van der Waals surface area contributed by atoms with E-state index in [1.54, 1.807) is 6.92 Å². The summed E-state index contributed by atoms with van der Waals surface area (Å²) in [6.45, 7) is 11.3. The molecule has 2 N–H and O–H groups in total. The summed E-state index contributed by atoms with van der Waals surface area (Å²) in [5, 5.41) is 11.9. The maximum absolute atomic E-state index is 11.9. The zero-order chi connectivity index (χ0) is 15.7. The highest BCUT2D eigenvalue weighted by Gasteiger charge is 2.18. The van der Waals surface area contributed by atoms with Crippen molar-refractivity contribution in [3.8, 4) is 0 Å². The Hall–Kier alpha value is -1.10. The zero-order valence-electron chi connectivity index (χ0n) is 13.5. The van der Waals surface area contributed by atoms with Crippen LogP contribution >= 0.6 is 0 Å². The number of amides is 1. The summed E-state index contributed by atoms with van der Waals surface area (Å²) < 4.78 is 0. The standard InChI is InChI=1S/C15H30N2O3/c1-6-17(9-12(4)15(19)20)10-14(18)16-13(5)8-7-11(2)3/h11-13H,6-10H2,1-5H3,(H,16,18)(H,19,20). The number of likely N-dealkylation sites (N-methyl/N-ethyl adjacent to an activating group) is 1. The van der Waals surface area contributed by atoms with Crippen LogP contribution in [-0.4, -0.2) is 47.6 Å². The minimum Gasteiger partial charge on any atom is -0.481 e. The highest BCUT2D eigenvalue weighted by Crippen LogP contribution is 2.06. The lowest BCUT2D eigenvalue weighted by Crippen LogP contribution is -2.43. The fourth-order valence-corrected chi connectivity index (χ4v) is 1.95. The van der Waals surface area contributed by atoms with Crippen LogP contribution in [0.3, 0.4) is 0 Å². The first-order valence-electron chi connectivity index (χ1n) is 7.50. The van der Waals surface area contributed by atoms with Crippen LogP contribution in [0.15, 0.2) is 0 Å². The van der Waals surface area contributed by atoms with E-state index in [-0.39, 0.29) is 18.5 Å². The molecule has 1 amide bonds. The number of carbonyl (C=O) groups is 2. The van der Waals surface area contributed by atoms with Gasteiger partial charge in [0.15, 0.2) is 0 Å². The molecule has 20 heavy (non-hydrogen) atoms. The average Bonchev–Trinajstić information content (AvgIpc) is 2.35. The number of hydrogen-bond acceptors (Lipinski definition) is 3. The fraction of sp³-hybridized carbons (Fsp3) is 0.867. The number of aliphatic carboxylic acids is 1. The third-order valence-electron chi connectivity index (χ3n) is 3.35. The van der Waals surface area contributed by atoms with Crippen molar-refractivity contribution < 1.29 is 14.7 Å². The molecule has 0 aliphatic heterocycles. The Bertz CT molecular complexity index is 305. The van der Waals surface area contributed by atoms with E-state index >= 15 is 0 Å². The number of hydrogen-bond donors (Lipinski definition) is 2. The third-order valence-corrected chi connectivity index (χ3v) is 3.35. The maximum atomic E-state index is 11.9. The molecule has 0 heterocycles. The van der Waals surface area contributed by atoms with E-state index in [0.29, 0.717) is 19.0 Å². The summed E-state index contributed by atoms with van der Waals surface area (Å²) in [6.07, 6.45) is 2.07. The zero-order valence-corrected chi connectivity index (χ0v) is 13.5. The van der Waals surface area contributed by atoms with Crippen molar-refractivity contribution in [3.05, 3.63) is 0 Å². The lowest BCUT2D eigenvalue weighted by molar-refractivity contribution is -0.142. The number of nitrogens with one attached hydrogen (secondary N) is 1. The molecule has 0 saturated heterocycles. The molecule has 0 spiro atoms. The molecule has 2 unspecified atom stereocenters. The Balaban J connectivity index is 4.11. The van der Waals surface area contributed by atoms with Gasteiger partial charge in [0.25, 0.3) is 0 Å². The van der Waals surface area contributed by atoms with Crippen LogP contribution in [0.2, 0.25) is 0 Å². The second-order valence-electron chi connectivity index (χ2n) is 6.01. The predicted molar refractivity (Wildman–Crippen MR) is 80.6 cm³/mol. The summed E-state index contributed by atoms with van der Waals surface area (Å²) in [7, 11) is 0. The van der Waals surface area contributed by atoms with Gasteiger partial charge in [-0.15, -0.1) is 0 Å². The van der Waals surface area contributed by atoms with Crippen molar-refractivity contribution in [3.63, 3.8) is 0 Å². The summed E-state index contributed by atoms with van der Waals surface area (Å²) in [6, 6.07) is 0.167. The van der Waals surface area contributed by atoms with Crippen LogP contribution < -0.4 is 5.32 Å². The van der Waals surface area contributed by atoms with Gasteiger partial charge in [0, 0.05) is 12.6 Å². The van der Waals surface area contributed by atoms with E-state index in [9.17, 15) is 9.59 Å². The van der Waals surface area contributed by atoms with E-state index in [1.807, 2.05) is 18.7 Å². The van der Waals surface area contributed by atoms with Gasteiger partial charge in [0.2, 0.25) is 5.91 Å². The summed E-state index contributed by atoms with van der Waals surface area (Å²) in [5.74, 6) is -0.672. The van der Waals surface area contributed by atoms with Crippen LogP contribution in [0.4, 0.5) is 0 Å². The molecule has 0 aliphatic rings. The number of carboxylic acid groups (broad SMARTS) is 1. The number of carbonyl (C=O) groups excluding carboxylic acids is 1. The summed E-state index contributed by atoms with van der Waals surface area (Å²) in [4.78, 5) is 24.6. The lowest BCUT2D eigenvalue weighted by Gasteiger charge is -2.23. The van der Waals surface area contributed by atoms with Gasteiger partial charge in [0.05, 0.1) is 12.5 Å². The van der Waals surface area contributed by atoms with Crippen molar-refractivity contribution in [2.24, 2.45) is 11.8 Å². The van der Waals surface area contributed by atoms with Gasteiger partial charge in [-0.2, -0.15) is 0 Å². The normalized spacial score (nSPS) is 14.3. The second kappa shape index (κ2) is 9.75. The van der Waals surface area contributed by atoms with E-state index in [4.69, 9.17) is 5.11 Å². The highest BCUT2D eigenvalue weighted by molar-refractivity contribution is 5.78. The molecular formula is C15H30N2O3. The quantitative estimate of drug-likeness (QED) is 0.644.